The first-order chi connectivity index (χ1) is 20.3. The molecular formula is C40H29N. The largest absolute Gasteiger partial charge is 0.310 e. The van der Waals surface area contributed by atoms with Gasteiger partial charge in [-0.25, -0.2) is 0 Å². The summed E-state index contributed by atoms with van der Waals surface area (Å²) in [6.45, 7) is 0. The van der Waals surface area contributed by atoms with Crippen molar-refractivity contribution in [3.05, 3.63) is 176 Å². The molecule has 194 valence electrons. The molecule has 0 fully saturated rings. The Morgan fingerprint density at radius 3 is 1.61 bits per heavy atom. The molecule has 0 bridgehead atoms. The minimum Gasteiger partial charge on any atom is -0.310 e. The lowest BCUT2D eigenvalue weighted by Gasteiger charge is -2.29. The van der Waals surface area contributed by atoms with E-state index in [1.165, 1.54) is 44.2 Å². The summed E-state index contributed by atoms with van der Waals surface area (Å²) in [5, 5.41) is 2.51. The highest BCUT2D eigenvalue weighted by Gasteiger charge is 2.18. The highest BCUT2D eigenvalue weighted by Crippen LogP contribution is 2.43. The van der Waals surface area contributed by atoms with Gasteiger partial charge in [-0.05, 0) is 68.9 Å². The van der Waals surface area contributed by atoms with E-state index < -0.39 is 0 Å². The fourth-order valence-electron chi connectivity index (χ4n) is 5.70. The van der Waals surface area contributed by atoms with Crippen molar-refractivity contribution < 1.29 is 0 Å². The van der Waals surface area contributed by atoms with Crippen LogP contribution >= 0.6 is 0 Å². The van der Waals surface area contributed by atoms with Gasteiger partial charge in [-0.2, -0.15) is 0 Å². The van der Waals surface area contributed by atoms with Crippen molar-refractivity contribution in [1.82, 2.24) is 0 Å². The maximum Gasteiger partial charge on any atom is 0.0540 e. The zero-order valence-corrected chi connectivity index (χ0v) is 22.7. The van der Waals surface area contributed by atoms with Crippen molar-refractivity contribution >= 4 is 27.8 Å². The molecule has 1 heteroatoms. The number of nitrogens with zero attached hydrogens (tertiary/aromatic N) is 1. The SMILES string of the molecule is c1ccc(-c2cccc(N(c3cccc(-c4cccc5ccccc45)c3)c3ccccc3-c3ccccc3)c2)cc1. The van der Waals surface area contributed by atoms with Crippen LogP contribution in [0.5, 0.6) is 0 Å². The zero-order chi connectivity index (χ0) is 27.4. The van der Waals surface area contributed by atoms with Crippen molar-refractivity contribution in [2.45, 2.75) is 0 Å². The number of benzene rings is 7. The molecule has 0 saturated carbocycles. The van der Waals surface area contributed by atoms with E-state index in [2.05, 4.69) is 181 Å². The number of fused-ring (bicyclic) bond motifs is 1. The summed E-state index contributed by atoms with van der Waals surface area (Å²) >= 11 is 0. The van der Waals surface area contributed by atoms with Crippen LogP contribution in [0.4, 0.5) is 17.1 Å². The fraction of sp³-hybridized carbons (Fsp3) is 0. The summed E-state index contributed by atoms with van der Waals surface area (Å²) in [6, 6.07) is 62.9. The number of hydrogen-bond donors (Lipinski definition) is 0. The lowest BCUT2D eigenvalue weighted by molar-refractivity contribution is 1.28. The van der Waals surface area contributed by atoms with Crippen LogP contribution in [0.1, 0.15) is 0 Å². The summed E-state index contributed by atoms with van der Waals surface area (Å²) in [5.41, 5.74) is 10.6. The van der Waals surface area contributed by atoms with Crippen LogP contribution in [0.2, 0.25) is 0 Å². The van der Waals surface area contributed by atoms with Crippen molar-refractivity contribution in [2.75, 3.05) is 4.90 Å². The Labute approximate surface area is 241 Å². The van der Waals surface area contributed by atoms with Crippen molar-refractivity contribution in [1.29, 1.82) is 0 Å². The first kappa shape index (κ1) is 24.6. The van der Waals surface area contributed by atoms with Gasteiger partial charge in [0.1, 0.15) is 0 Å². The molecule has 0 N–H and O–H groups in total. The average Bonchev–Trinajstić information content (AvgIpc) is 3.06. The molecule has 0 spiro atoms. The van der Waals surface area contributed by atoms with Crippen molar-refractivity contribution in [2.24, 2.45) is 0 Å². The highest BCUT2D eigenvalue weighted by molar-refractivity contribution is 5.98. The minimum atomic E-state index is 1.11. The van der Waals surface area contributed by atoms with E-state index in [0.29, 0.717) is 0 Å². The minimum absolute atomic E-state index is 1.11. The van der Waals surface area contributed by atoms with E-state index in [1.807, 2.05) is 0 Å². The topological polar surface area (TPSA) is 3.24 Å². The van der Waals surface area contributed by atoms with Crippen LogP contribution in [0.15, 0.2) is 176 Å². The standard InChI is InChI=1S/C40H29N/c1-3-14-30(15-4-1)33-20-11-22-35(28-33)41(40-27-10-9-25-39(40)32-16-5-2-6-17-32)36-23-12-21-34(29-36)38-26-13-19-31-18-7-8-24-37(31)38/h1-29H. The normalized spacial score (nSPS) is 10.9. The molecule has 0 aliphatic rings. The Bertz CT molecular complexity index is 1930. The molecule has 0 aliphatic heterocycles. The molecule has 0 aliphatic carbocycles. The molecule has 7 aromatic rings. The van der Waals surface area contributed by atoms with Gasteiger partial charge in [-0.15, -0.1) is 0 Å². The number of para-hydroxylation sites is 1. The second kappa shape index (κ2) is 11.0. The van der Waals surface area contributed by atoms with Gasteiger partial charge < -0.3 is 4.90 Å². The lowest BCUT2D eigenvalue weighted by Crippen LogP contribution is -2.11. The molecule has 0 heterocycles. The molecule has 1 nitrogen and oxygen atoms in total. The monoisotopic (exact) mass is 523 g/mol. The van der Waals surface area contributed by atoms with E-state index in [4.69, 9.17) is 0 Å². The van der Waals surface area contributed by atoms with Gasteiger partial charge in [-0.3, -0.25) is 0 Å². The number of hydrogen-bond acceptors (Lipinski definition) is 1. The van der Waals surface area contributed by atoms with Gasteiger partial charge in [-0.1, -0.05) is 146 Å². The predicted molar refractivity (Wildman–Crippen MR) is 175 cm³/mol. The van der Waals surface area contributed by atoms with Crippen LogP contribution in [-0.2, 0) is 0 Å². The highest BCUT2D eigenvalue weighted by atomic mass is 15.1. The Balaban J connectivity index is 1.44. The van der Waals surface area contributed by atoms with E-state index in [1.54, 1.807) is 0 Å². The van der Waals surface area contributed by atoms with E-state index in [-0.39, 0.29) is 0 Å². The summed E-state index contributed by atoms with van der Waals surface area (Å²) in [4.78, 5) is 2.39. The quantitative estimate of drug-likeness (QED) is 0.209. The Morgan fingerprint density at radius 2 is 0.829 bits per heavy atom. The van der Waals surface area contributed by atoms with E-state index in [0.717, 1.165) is 17.1 Å². The molecule has 0 saturated heterocycles. The van der Waals surface area contributed by atoms with Gasteiger partial charge in [0, 0.05) is 16.9 Å². The van der Waals surface area contributed by atoms with E-state index >= 15 is 0 Å². The van der Waals surface area contributed by atoms with E-state index in [9.17, 15) is 0 Å². The Morgan fingerprint density at radius 1 is 0.317 bits per heavy atom. The maximum absolute atomic E-state index is 2.39. The Hall–Kier alpha value is -5.40. The smallest absolute Gasteiger partial charge is 0.0540 e. The molecule has 7 aromatic carbocycles. The van der Waals surface area contributed by atoms with Crippen LogP contribution in [0.3, 0.4) is 0 Å². The Kier molecular flexibility index (Phi) is 6.61. The van der Waals surface area contributed by atoms with Gasteiger partial charge >= 0.3 is 0 Å². The van der Waals surface area contributed by atoms with Crippen LogP contribution < -0.4 is 4.90 Å². The van der Waals surface area contributed by atoms with Crippen LogP contribution in [0, 0.1) is 0 Å². The third-order valence-electron chi connectivity index (χ3n) is 7.65. The molecule has 0 aromatic heterocycles. The summed E-state index contributed by atoms with van der Waals surface area (Å²) in [5.74, 6) is 0. The summed E-state index contributed by atoms with van der Waals surface area (Å²) in [6.07, 6.45) is 0. The molecule has 0 atom stereocenters. The van der Waals surface area contributed by atoms with Gasteiger partial charge in [0.15, 0.2) is 0 Å². The second-order valence-electron chi connectivity index (χ2n) is 10.2. The predicted octanol–water partition coefficient (Wildman–Crippen LogP) is 11.3. The average molecular weight is 524 g/mol. The maximum atomic E-state index is 2.39. The molecule has 41 heavy (non-hydrogen) atoms. The third-order valence-corrected chi connectivity index (χ3v) is 7.65. The van der Waals surface area contributed by atoms with Gasteiger partial charge in [0.05, 0.1) is 5.69 Å². The zero-order valence-electron chi connectivity index (χ0n) is 22.7. The molecule has 7 rings (SSSR count). The molecule has 0 amide bonds. The summed E-state index contributed by atoms with van der Waals surface area (Å²) in [7, 11) is 0. The molecular weight excluding hydrogens is 494 g/mol. The number of rotatable bonds is 6. The first-order valence-electron chi connectivity index (χ1n) is 14.0. The third kappa shape index (κ3) is 4.90. The van der Waals surface area contributed by atoms with Crippen LogP contribution in [-0.4, -0.2) is 0 Å². The lowest BCUT2D eigenvalue weighted by atomic mass is 9.97. The van der Waals surface area contributed by atoms with Gasteiger partial charge in [0.2, 0.25) is 0 Å². The van der Waals surface area contributed by atoms with Crippen molar-refractivity contribution in [3.8, 4) is 33.4 Å². The second-order valence-corrected chi connectivity index (χ2v) is 10.2. The van der Waals surface area contributed by atoms with Crippen molar-refractivity contribution in [3.63, 3.8) is 0 Å². The first-order valence-corrected chi connectivity index (χ1v) is 14.0. The molecule has 0 radical (unpaired) electrons. The van der Waals surface area contributed by atoms with Gasteiger partial charge in [0.25, 0.3) is 0 Å². The number of anilines is 3. The summed E-state index contributed by atoms with van der Waals surface area (Å²) < 4.78 is 0. The van der Waals surface area contributed by atoms with Crippen LogP contribution in [0.25, 0.3) is 44.2 Å². The fourth-order valence-corrected chi connectivity index (χ4v) is 5.70. The molecule has 0 unspecified atom stereocenters.